The van der Waals surface area contributed by atoms with E-state index in [0.717, 1.165) is 26.4 Å². The molecule has 1 atom stereocenters. The molecule has 27 heavy (non-hydrogen) atoms. The smallest absolute Gasteiger partial charge is 0.131 e. The van der Waals surface area contributed by atoms with Gasteiger partial charge in [0.2, 0.25) is 0 Å². The van der Waals surface area contributed by atoms with Gasteiger partial charge >= 0.3 is 0 Å². The SMILES string of the molecule is Clc1ccc(C2C=C(c3ccccc3)N=C(SCc3ccccc3)S2)cc1. The van der Waals surface area contributed by atoms with Gasteiger partial charge in [0.15, 0.2) is 0 Å². The van der Waals surface area contributed by atoms with Gasteiger partial charge in [0.05, 0.1) is 10.9 Å². The summed E-state index contributed by atoms with van der Waals surface area (Å²) in [6.07, 6.45) is 2.25. The maximum atomic E-state index is 6.07. The topological polar surface area (TPSA) is 12.4 Å². The van der Waals surface area contributed by atoms with Crippen molar-refractivity contribution in [2.75, 3.05) is 0 Å². The molecule has 4 heteroatoms. The van der Waals surface area contributed by atoms with Crippen LogP contribution in [-0.2, 0) is 5.75 Å². The summed E-state index contributed by atoms with van der Waals surface area (Å²) >= 11 is 9.67. The van der Waals surface area contributed by atoms with Crippen LogP contribution in [0.2, 0.25) is 5.02 Å². The van der Waals surface area contributed by atoms with Gasteiger partial charge in [-0.25, -0.2) is 4.99 Å². The number of benzene rings is 3. The second kappa shape index (κ2) is 8.83. The lowest BCUT2D eigenvalue weighted by Gasteiger charge is -2.21. The van der Waals surface area contributed by atoms with Crippen LogP contribution in [0.15, 0.2) is 96.0 Å². The molecule has 4 rings (SSSR count). The maximum Gasteiger partial charge on any atom is 0.131 e. The van der Waals surface area contributed by atoms with Crippen molar-refractivity contribution in [2.45, 2.75) is 11.0 Å². The Morgan fingerprint density at radius 1 is 0.852 bits per heavy atom. The number of hydrogen-bond acceptors (Lipinski definition) is 3. The molecule has 134 valence electrons. The first-order chi connectivity index (χ1) is 13.3. The Bertz CT molecular complexity index is 951. The predicted octanol–water partition coefficient (Wildman–Crippen LogP) is 7.46. The second-order valence-electron chi connectivity index (χ2n) is 6.16. The number of rotatable bonds is 4. The number of thioether (sulfide) groups is 2. The van der Waals surface area contributed by atoms with E-state index < -0.39 is 0 Å². The minimum atomic E-state index is 0.230. The number of halogens is 1. The van der Waals surface area contributed by atoms with Crippen LogP contribution in [0.5, 0.6) is 0 Å². The first kappa shape index (κ1) is 18.4. The van der Waals surface area contributed by atoms with Gasteiger partial charge in [-0.3, -0.25) is 0 Å². The van der Waals surface area contributed by atoms with E-state index in [2.05, 4.69) is 66.7 Å². The molecule has 0 aliphatic carbocycles. The highest BCUT2D eigenvalue weighted by atomic mass is 35.5. The molecular formula is C23H18ClNS2. The molecule has 1 aliphatic heterocycles. The van der Waals surface area contributed by atoms with Crippen LogP contribution >= 0.6 is 35.1 Å². The summed E-state index contributed by atoms with van der Waals surface area (Å²) < 4.78 is 1.10. The Kier molecular flexibility index (Phi) is 6.03. The van der Waals surface area contributed by atoms with E-state index in [9.17, 15) is 0 Å². The molecule has 3 aromatic carbocycles. The highest BCUT2D eigenvalue weighted by Crippen LogP contribution is 2.42. The Morgan fingerprint density at radius 2 is 1.52 bits per heavy atom. The highest BCUT2D eigenvalue weighted by Gasteiger charge is 2.20. The summed E-state index contributed by atoms with van der Waals surface area (Å²) in [5.74, 6) is 0.919. The van der Waals surface area contributed by atoms with E-state index in [1.807, 2.05) is 24.3 Å². The van der Waals surface area contributed by atoms with Crippen molar-refractivity contribution in [3.8, 4) is 0 Å². The molecule has 0 amide bonds. The van der Waals surface area contributed by atoms with Crippen LogP contribution in [0.1, 0.15) is 21.9 Å². The van der Waals surface area contributed by atoms with Crippen molar-refractivity contribution >= 4 is 45.2 Å². The zero-order valence-electron chi connectivity index (χ0n) is 14.6. The second-order valence-corrected chi connectivity index (χ2v) is 8.95. The molecule has 1 aliphatic rings. The Hall–Kier alpha value is -1.94. The fourth-order valence-electron chi connectivity index (χ4n) is 2.82. The monoisotopic (exact) mass is 407 g/mol. The van der Waals surface area contributed by atoms with Crippen LogP contribution in [0.3, 0.4) is 0 Å². The van der Waals surface area contributed by atoms with Gasteiger partial charge in [-0.15, -0.1) is 0 Å². The zero-order chi connectivity index (χ0) is 18.5. The third-order valence-electron chi connectivity index (χ3n) is 4.22. The molecule has 0 fully saturated rings. The van der Waals surface area contributed by atoms with Gasteiger partial charge < -0.3 is 0 Å². The number of nitrogens with zero attached hydrogens (tertiary/aromatic N) is 1. The van der Waals surface area contributed by atoms with Crippen molar-refractivity contribution in [3.05, 3.63) is 113 Å². The average Bonchev–Trinajstić information content (AvgIpc) is 2.74. The molecule has 0 radical (unpaired) electrons. The Balaban J connectivity index is 1.61. The molecule has 1 unspecified atom stereocenters. The molecule has 1 nitrogen and oxygen atoms in total. The van der Waals surface area contributed by atoms with Crippen LogP contribution in [-0.4, -0.2) is 4.38 Å². The van der Waals surface area contributed by atoms with Crippen molar-refractivity contribution in [1.82, 2.24) is 0 Å². The lowest BCUT2D eigenvalue weighted by molar-refractivity contribution is 1.22. The number of hydrogen-bond donors (Lipinski definition) is 0. The van der Waals surface area contributed by atoms with Crippen LogP contribution in [0.4, 0.5) is 0 Å². The molecule has 1 heterocycles. The fraction of sp³-hybridized carbons (Fsp3) is 0.0870. The van der Waals surface area contributed by atoms with Gasteiger partial charge in [0.1, 0.15) is 4.38 Å². The fourth-order valence-corrected chi connectivity index (χ4v) is 5.21. The number of aliphatic imine (C=N–C) groups is 1. The summed E-state index contributed by atoms with van der Waals surface area (Å²) in [4.78, 5) is 4.94. The van der Waals surface area contributed by atoms with Gasteiger partial charge in [0, 0.05) is 10.8 Å². The van der Waals surface area contributed by atoms with E-state index >= 15 is 0 Å². The van der Waals surface area contributed by atoms with Gasteiger partial charge in [0.25, 0.3) is 0 Å². The maximum absolute atomic E-state index is 6.07. The van der Waals surface area contributed by atoms with Crippen LogP contribution in [0, 0.1) is 0 Å². The summed E-state index contributed by atoms with van der Waals surface area (Å²) in [5, 5.41) is 0.993. The molecule has 0 saturated heterocycles. The quantitative estimate of drug-likeness (QED) is 0.445. The molecule has 0 aromatic heterocycles. The van der Waals surface area contributed by atoms with E-state index in [-0.39, 0.29) is 5.25 Å². The van der Waals surface area contributed by atoms with Crippen LogP contribution < -0.4 is 0 Å². The minimum absolute atomic E-state index is 0.230. The zero-order valence-corrected chi connectivity index (χ0v) is 17.0. The lowest BCUT2D eigenvalue weighted by Crippen LogP contribution is -2.02. The molecule has 0 spiro atoms. The van der Waals surface area contributed by atoms with Crippen molar-refractivity contribution < 1.29 is 0 Å². The first-order valence-corrected chi connectivity index (χ1v) is 11.0. The first-order valence-electron chi connectivity index (χ1n) is 8.73. The van der Waals surface area contributed by atoms with E-state index in [1.54, 1.807) is 23.5 Å². The summed E-state index contributed by atoms with van der Waals surface area (Å²) in [7, 11) is 0. The summed E-state index contributed by atoms with van der Waals surface area (Å²) in [6, 6.07) is 29.0. The third kappa shape index (κ3) is 4.86. The van der Waals surface area contributed by atoms with Gasteiger partial charge in [-0.1, -0.05) is 108 Å². The molecule has 3 aromatic rings. The normalized spacial score (nSPS) is 16.6. The Morgan fingerprint density at radius 3 is 2.22 bits per heavy atom. The molecule has 0 saturated carbocycles. The average molecular weight is 408 g/mol. The largest absolute Gasteiger partial charge is 0.235 e. The summed E-state index contributed by atoms with van der Waals surface area (Å²) in [6.45, 7) is 0. The minimum Gasteiger partial charge on any atom is -0.235 e. The van der Waals surface area contributed by atoms with E-state index in [4.69, 9.17) is 16.6 Å². The molecule has 0 N–H and O–H groups in total. The van der Waals surface area contributed by atoms with E-state index in [1.165, 1.54) is 11.1 Å². The van der Waals surface area contributed by atoms with Crippen molar-refractivity contribution in [3.63, 3.8) is 0 Å². The van der Waals surface area contributed by atoms with Crippen LogP contribution in [0.25, 0.3) is 5.70 Å². The van der Waals surface area contributed by atoms with Crippen molar-refractivity contribution in [1.29, 1.82) is 0 Å². The highest BCUT2D eigenvalue weighted by molar-refractivity contribution is 8.38. The van der Waals surface area contributed by atoms with Crippen molar-refractivity contribution in [2.24, 2.45) is 4.99 Å². The predicted molar refractivity (Wildman–Crippen MR) is 121 cm³/mol. The third-order valence-corrected chi connectivity index (χ3v) is 6.89. The van der Waals surface area contributed by atoms with Gasteiger partial charge in [-0.05, 0) is 34.9 Å². The standard InChI is InChI=1S/C23H18ClNS2/c24-20-13-11-19(12-14-20)22-15-21(18-9-5-2-6-10-18)25-23(27-22)26-16-17-7-3-1-4-8-17/h1-15,22H,16H2. The Labute approximate surface area is 173 Å². The summed E-state index contributed by atoms with van der Waals surface area (Å²) in [5.41, 5.74) is 4.73. The molecular weight excluding hydrogens is 390 g/mol. The molecule has 0 bridgehead atoms. The van der Waals surface area contributed by atoms with E-state index in [0.29, 0.717) is 0 Å². The lowest BCUT2D eigenvalue weighted by atomic mass is 10.1. The van der Waals surface area contributed by atoms with Gasteiger partial charge in [-0.2, -0.15) is 0 Å².